The number of primary amides is 1. The van der Waals surface area contributed by atoms with E-state index in [1.54, 1.807) is 29.4 Å². The molecule has 2 heterocycles. The van der Waals surface area contributed by atoms with Crippen molar-refractivity contribution in [2.45, 2.75) is 38.1 Å². The van der Waals surface area contributed by atoms with E-state index >= 15 is 0 Å². The maximum absolute atomic E-state index is 14.0. The van der Waals surface area contributed by atoms with Crippen LogP contribution in [0.25, 0.3) is 22.5 Å². The van der Waals surface area contributed by atoms with Crippen LogP contribution in [0.2, 0.25) is 0 Å². The lowest BCUT2D eigenvalue weighted by Crippen LogP contribution is -2.52. The second-order valence-electron chi connectivity index (χ2n) is 10.00. The first kappa shape index (κ1) is 28.8. The number of pyridine rings is 1. The maximum atomic E-state index is 14.0. The number of aromatic nitrogens is 5. The van der Waals surface area contributed by atoms with Gasteiger partial charge in [-0.2, -0.15) is 5.21 Å². The summed E-state index contributed by atoms with van der Waals surface area (Å²) in [4.78, 5) is 32.6. The van der Waals surface area contributed by atoms with Crippen molar-refractivity contribution in [3.05, 3.63) is 78.6 Å². The molecule has 11 heteroatoms. The third-order valence-corrected chi connectivity index (χ3v) is 7.55. The van der Waals surface area contributed by atoms with E-state index in [0.717, 1.165) is 47.9 Å². The fourth-order valence-electron chi connectivity index (χ4n) is 5.28. The van der Waals surface area contributed by atoms with Gasteiger partial charge in [0.25, 0.3) is 0 Å². The Labute approximate surface area is 239 Å². The molecule has 1 aliphatic rings. The van der Waals surface area contributed by atoms with E-state index in [1.165, 1.54) is 0 Å². The normalized spacial score (nSPS) is 17.4. The molecule has 0 radical (unpaired) electrons. The lowest BCUT2D eigenvalue weighted by atomic mass is 9.81. The highest BCUT2D eigenvalue weighted by Crippen LogP contribution is 2.33. The molecule has 2 aromatic heterocycles. The summed E-state index contributed by atoms with van der Waals surface area (Å²) < 4.78 is 0. The first-order valence-corrected chi connectivity index (χ1v) is 13.2. The number of nitrogens with one attached hydrogen (secondary N) is 1. The van der Waals surface area contributed by atoms with Gasteiger partial charge in [0.05, 0.1) is 0 Å². The Balaban J connectivity index is 0.00000370. The summed E-state index contributed by atoms with van der Waals surface area (Å²) in [6, 6.07) is 18.2. The zero-order chi connectivity index (χ0) is 27.2. The predicted octanol–water partition coefficient (Wildman–Crippen LogP) is 3.55. The van der Waals surface area contributed by atoms with E-state index in [1.807, 2.05) is 48.5 Å². The number of carbonyl (C=O) groups excluding carboxylic acids is 2. The number of hydrogen-bond donors (Lipinski definition) is 3. The third kappa shape index (κ3) is 6.52. The SMILES string of the molecule is Cl.NCC1CCC(C(=O)N(c2ccc(-c3nn[nH]n3)cc2)[C@@H](Cc2ccc(-c3ccncc3)cc2)C(N)=O)CC1. The highest BCUT2D eigenvalue weighted by Gasteiger charge is 2.36. The minimum absolute atomic E-state index is 0. The number of benzene rings is 2. The molecule has 5 rings (SSSR count). The van der Waals surface area contributed by atoms with Crippen LogP contribution in [-0.2, 0) is 16.0 Å². The molecule has 2 amide bonds. The van der Waals surface area contributed by atoms with Gasteiger partial charge < -0.3 is 11.5 Å². The maximum Gasteiger partial charge on any atom is 0.240 e. The molecule has 0 bridgehead atoms. The molecule has 10 nitrogen and oxygen atoms in total. The lowest BCUT2D eigenvalue weighted by molar-refractivity contribution is -0.127. The number of tetrazole rings is 1. The van der Waals surface area contributed by atoms with Gasteiger partial charge in [-0.25, -0.2) is 0 Å². The molecule has 1 aliphatic carbocycles. The highest BCUT2D eigenvalue weighted by atomic mass is 35.5. The number of anilines is 1. The highest BCUT2D eigenvalue weighted by molar-refractivity contribution is 6.01. The van der Waals surface area contributed by atoms with E-state index in [-0.39, 0.29) is 24.2 Å². The van der Waals surface area contributed by atoms with Gasteiger partial charge in [0.15, 0.2) is 0 Å². The first-order valence-electron chi connectivity index (χ1n) is 13.2. The molecular formula is C29H33ClN8O2. The Morgan fingerprint density at radius 1 is 0.900 bits per heavy atom. The molecule has 2 aromatic carbocycles. The Hall–Kier alpha value is -4.15. The number of halogens is 1. The van der Waals surface area contributed by atoms with Gasteiger partial charge in [0.1, 0.15) is 6.04 Å². The molecule has 208 valence electrons. The molecule has 40 heavy (non-hydrogen) atoms. The van der Waals surface area contributed by atoms with Gasteiger partial charge in [-0.1, -0.05) is 24.3 Å². The summed E-state index contributed by atoms with van der Waals surface area (Å²) >= 11 is 0. The van der Waals surface area contributed by atoms with Crippen LogP contribution in [0.15, 0.2) is 73.1 Å². The minimum atomic E-state index is -0.854. The van der Waals surface area contributed by atoms with Crippen LogP contribution >= 0.6 is 12.4 Å². The molecule has 4 aromatic rings. The van der Waals surface area contributed by atoms with Gasteiger partial charge in [-0.3, -0.25) is 19.5 Å². The monoisotopic (exact) mass is 560 g/mol. The molecular weight excluding hydrogens is 528 g/mol. The van der Waals surface area contributed by atoms with Crippen molar-refractivity contribution in [3.63, 3.8) is 0 Å². The molecule has 0 spiro atoms. The van der Waals surface area contributed by atoms with Gasteiger partial charge in [0, 0.05) is 36.0 Å². The first-order chi connectivity index (χ1) is 19.0. The van der Waals surface area contributed by atoms with Gasteiger partial charge in [-0.15, -0.1) is 22.6 Å². The number of aromatic amines is 1. The second kappa shape index (κ2) is 13.3. The largest absolute Gasteiger partial charge is 0.368 e. The van der Waals surface area contributed by atoms with E-state index in [9.17, 15) is 9.59 Å². The van der Waals surface area contributed by atoms with Crippen molar-refractivity contribution in [1.82, 2.24) is 25.6 Å². The third-order valence-electron chi connectivity index (χ3n) is 7.55. The summed E-state index contributed by atoms with van der Waals surface area (Å²) in [6.07, 6.45) is 7.07. The van der Waals surface area contributed by atoms with Crippen LogP contribution in [0.3, 0.4) is 0 Å². The molecule has 0 aliphatic heterocycles. The van der Waals surface area contributed by atoms with Crippen LogP contribution < -0.4 is 16.4 Å². The van der Waals surface area contributed by atoms with Crippen LogP contribution in [0.4, 0.5) is 5.69 Å². The van der Waals surface area contributed by atoms with Crippen molar-refractivity contribution >= 4 is 29.9 Å². The van der Waals surface area contributed by atoms with Crippen molar-refractivity contribution in [2.24, 2.45) is 23.3 Å². The summed E-state index contributed by atoms with van der Waals surface area (Å²) in [5.74, 6) is 0.0397. The molecule has 1 atom stereocenters. The van der Waals surface area contributed by atoms with Crippen molar-refractivity contribution in [1.29, 1.82) is 0 Å². The van der Waals surface area contributed by atoms with Crippen molar-refractivity contribution < 1.29 is 9.59 Å². The van der Waals surface area contributed by atoms with Crippen LogP contribution in [0.5, 0.6) is 0 Å². The summed E-state index contributed by atoms with van der Waals surface area (Å²) in [5.41, 5.74) is 16.2. The number of H-pyrrole nitrogens is 1. The molecule has 1 fully saturated rings. The zero-order valence-corrected chi connectivity index (χ0v) is 22.8. The summed E-state index contributed by atoms with van der Waals surface area (Å²) in [6.45, 7) is 0.627. The average molecular weight is 561 g/mol. The fourth-order valence-corrected chi connectivity index (χ4v) is 5.28. The predicted molar refractivity (Wildman–Crippen MR) is 155 cm³/mol. The Bertz CT molecular complexity index is 1370. The van der Waals surface area contributed by atoms with Crippen molar-refractivity contribution in [3.8, 4) is 22.5 Å². The molecule has 1 saturated carbocycles. The fraction of sp³-hybridized carbons (Fsp3) is 0.310. The number of nitrogens with zero attached hydrogens (tertiary/aromatic N) is 5. The second-order valence-corrected chi connectivity index (χ2v) is 10.00. The van der Waals surface area contributed by atoms with Gasteiger partial charge >= 0.3 is 0 Å². The quantitative estimate of drug-likeness (QED) is 0.282. The summed E-state index contributed by atoms with van der Waals surface area (Å²) in [5, 5.41) is 14.1. The number of nitrogens with two attached hydrogens (primary N) is 2. The number of hydrogen-bond acceptors (Lipinski definition) is 7. The van der Waals surface area contributed by atoms with Crippen LogP contribution in [-0.4, -0.2) is 50.0 Å². The van der Waals surface area contributed by atoms with E-state index in [2.05, 4.69) is 25.6 Å². The van der Waals surface area contributed by atoms with E-state index in [4.69, 9.17) is 11.5 Å². The van der Waals surface area contributed by atoms with E-state index in [0.29, 0.717) is 30.4 Å². The smallest absolute Gasteiger partial charge is 0.240 e. The zero-order valence-electron chi connectivity index (χ0n) is 22.0. The Morgan fingerprint density at radius 2 is 1.52 bits per heavy atom. The van der Waals surface area contributed by atoms with E-state index < -0.39 is 11.9 Å². The topological polar surface area (TPSA) is 157 Å². The van der Waals surface area contributed by atoms with Gasteiger partial charge in [-0.05, 0) is 96.4 Å². The van der Waals surface area contributed by atoms with Crippen LogP contribution in [0.1, 0.15) is 31.2 Å². The number of amides is 2. The Kier molecular flexibility index (Phi) is 9.57. The molecule has 5 N–H and O–H groups in total. The number of carbonyl (C=O) groups is 2. The van der Waals surface area contributed by atoms with Crippen molar-refractivity contribution in [2.75, 3.05) is 11.4 Å². The van der Waals surface area contributed by atoms with Gasteiger partial charge in [0.2, 0.25) is 17.6 Å². The molecule has 0 saturated heterocycles. The molecule has 0 unspecified atom stereocenters. The minimum Gasteiger partial charge on any atom is -0.368 e. The standard InChI is InChI=1S/C29H32N8O2.ClH/c30-18-20-3-7-24(8-4-20)29(39)37(25-11-9-23(10-12-25)28-33-35-36-34-28)26(27(31)38)17-19-1-5-21(6-2-19)22-13-15-32-16-14-22;/h1-2,5-6,9-16,20,24,26H,3-4,7-8,17-18,30H2,(H2,31,38)(H,33,34,35,36);1H/t20?,24?,26-;/m0./s1. The summed E-state index contributed by atoms with van der Waals surface area (Å²) in [7, 11) is 0. The number of rotatable bonds is 9. The average Bonchev–Trinajstić information content (AvgIpc) is 3.53. The van der Waals surface area contributed by atoms with Crippen LogP contribution in [0, 0.1) is 11.8 Å². The lowest BCUT2D eigenvalue weighted by Gasteiger charge is -2.35. The Morgan fingerprint density at radius 3 is 2.10 bits per heavy atom.